The summed E-state index contributed by atoms with van der Waals surface area (Å²) in [7, 11) is 0. The van der Waals surface area contributed by atoms with Crippen molar-refractivity contribution in [3.63, 3.8) is 0 Å². The van der Waals surface area contributed by atoms with E-state index in [4.69, 9.17) is 0 Å². The van der Waals surface area contributed by atoms with E-state index in [0.29, 0.717) is 18.5 Å². The van der Waals surface area contributed by atoms with Gasteiger partial charge in [-0.3, -0.25) is 14.4 Å². The number of amides is 3. The van der Waals surface area contributed by atoms with Crippen LogP contribution in [0.15, 0.2) is 66.0 Å². The number of carbonyl (C=O) groups is 3. The highest BCUT2D eigenvalue weighted by Gasteiger charge is 2.42. The van der Waals surface area contributed by atoms with Crippen molar-refractivity contribution in [3.8, 4) is 5.75 Å². The lowest BCUT2D eigenvalue weighted by atomic mass is 9.98. The van der Waals surface area contributed by atoms with Crippen LogP contribution < -0.4 is 10.6 Å². The van der Waals surface area contributed by atoms with Crippen molar-refractivity contribution >= 4 is 29.1 Å². The van der Waals surface area contributed by atoms with Crippen LogP contribution in [0.5, 0.6) is 5.75 Å². The van der Waals surface area contributed by atoms with E-state index in [-0.39, 0.29) is 30.7 Å². The zero-order chi connectivity index (χ0) is 27.9. The Kier molecular flexibility index (Phi) is 9.34. The highest BCUT2D eigenvalue weighted by Crippen LogP contribution is 2.23. The Balaban J connectivity index is 1.49. The molecule has 4 rings (SSSR count). The smallest absolute Gasteiger partial charge is 0.254 e. The number of aliphatic hydroxyl groups is 2. The van der Waals surface area contributed by atoms with Crippen LogP contribution >= 0.6 is 11.3 Å². The molecule has 9 nitrogen and oxygen atoms in total. The fourth-order valence-corrected chi connectivity index (χ4v) is 5.46. The summed E-state index contributed by atoms with van der Waals surface area (Å²) in [6.07, 6.45) is -1.74. The second-order valence-corrected chi connectivity index (χ2v) is 10.7. The summed E-state index contributed by atoms with van der Waals surface area (Å²) in [6.45, 7) is 1.88. The number of phenols is 1. The first-order chi connectivity index (χ1) is 18.7. The van der Waals surface area contributed by atoms with E-state index in [1.807, 2.05) is 47.8 Å². The number of aromatic hydroxyl groups is 1. The molecule has 0 spiro atoms. The number of nitrogens with zero attached hydrogens (tertiary/aromatic N) is 1. The molecule has 3 amide bonds. The minimum Gasteiger partial charge on any atom is -0.508 e. The van der Waals surface area contributed by atoms with Gasteiger partial charge in [0, 0.05) is 35.5 Å². The van der Waals surface area contributed by atoms with Gasteiger partial charge >= 0.3 is 0 Å². The minimum absolute atomic E-state index is 0.0436. The number of nitrogens with one attached hydrogen (secondary N) is 2. The molecule has 39 heavy (non-hydrogen) atoms. The lowest BCUT2D eigenvalue weighted by molar-refractivity contribution is -0.146. The maximum Gasteiger partial charge on any atom is 0.254 e. The number of rotatable bonds is 10. The Morgan fingerprint density at radius 3 is 2.56 bits per heavy atom. The molecule has 5 N–H and O–H groups in total. The number of phenolic OH excluding ortho intramolecular Hbond substituents is 1. The third-order valence-corrected chi connectivity index (χ3v) is 7.85. The second kappa shape index (κ2) is 12.9. The van der Waals surface area contributed by atoms with Gasteiger partial charge in [-0.25, -0.2) is 0 Å². The molecule has 0 radical (unpaired) electrons. The van der Waals surface area contributed by atoms with Gasteiger partial charge in [-0.15, -0.1) is 11.3 Å². The maximum atomic E-state index is 13.5. The molecule has 4 atom stereocenters. The number of β-amino-alcohol motifs (C(OH)–C–C–N with tert-alkyl or cyclic N) is 1. The van der Waals surface area contributed by atoms with Gasteiger partial charge in [-0.2, -0.15) is 0 Å². The molecule has 206 valence electrons. The van der Waals surface area contributed by atoms with Crippen molar-refractivity contribution in [1.29, 1.82) is 0 Å². The fourth-order valence-electron chi connectivity index (χ4n) is 4.75. The summed E-state index contributed by atoms with van der Waals surface area (Å²) in [6, 6.07) is 15.6. The Bertz CT molecular complexity index is 1280. The monoisotopic (exact) mass is 551 g/mol. The summed E-state index contributed by atoms with van der Waals surface area (Å²) < 4.78 is 0. The van der Waals surface area contributed by atoms with E-state index in [0.717, 1.165) is 10.4 Å². The fraction of sp³-hybridized carbons (Fsp3) is 0.345. The Hall–Kier alpha value is -3.73. The van der Waals surface area contributed by atoms with Crippen molar-refractivity contribution in [2.45, 2.75) is 50.5 Å². The molecule has 0 aliphatic carbocycles. The summed E-state index contributed by atoms with van der Waals surface area (Å²) >= 11 is 1.59. The van der Waals surface area contributed by atoms with Crippen LogP contribution in [0.2, 0.25) is 0 Å². The van der Waals surface area contributed by atoms with Crippen molar-refractivity contribution in [2.75, 3.05) is 13.1 Å². The van der Waals surface area contributed by atoms with Gasteiger partial charge in [0.1, 0.15) is 11.8 Å². The van der Waals surface area contributed by atoms with E-state index in [9.17, 15) is 29.7 Å². The number of benzene rings is 2. The molecule has 1 aliphatic rings. The summed E-state index contributed by atoms with van der Waals surface area (Å²) in [5.74, 6) is -1.75. The summed E-state index contributed by atoms with van der Waals surface area (Å²) in [4.78, 5) is 42.0. The zero-order valence-electron chi connectivity index (χ0n) is 21.6. The average Bonchev–Trinajstić information content (AvgIpc) is 3.59. The average molecular weight is 552 g/mol. The number of hydrogen-bond donors (Lipinski definition) is 5. The van der Waals surface area contributed by atoms with Crippen molar-refractivity contribution in [3.05, 3.63) is 87.6 Å². The first-order valence-corrected chi connectivity index (χ1v) is 13.7. The van der Waals surface area contributed by atoms with Crippen LogP contribution in [-0.4, -0.2) is 75.3 Å². The van der Waals surface area contributed by atoms with E-state index < -0.39 is 42.0 Å². The first-order valence-electron chi connectivity index (χ1n) is 12.8. The number of hydrogen-bond acceptors (Lipinski definition) is 7. The molecule has 0 saturated carbocycles. The van der Waals surface area contributed by atoms with Crippen molar-refractivity contribution < 1.29 is 29.7 Å². The van der Waals surface area contributed by atoms with E-state index >= 15 is 0 Å². The Morgan fingerprint density at radius 2 is 1.85 bits per heavy atom. The van der Waals surface area contributed by atoms with Crippen LogP contribution in [0, 0.1) is 6.92 Å². The van der Waals surface area contributed by atoms with Crippen molar-refractivity contribution in [1.82, 2.24) is 15.5 Å². The molecule has 1 fully saturated rings. The molecular weight excluding hydrogens is 518 g/mol. The molecule has 3 aromatic rings. The number of thiophene rings is 1. The molecule has 1 aromatic heterocycles. The minimum atomic E-state index is -1.68. The highest BCUT2D eigenvalue weighted by molar-refractivity contribution is 7.09. The Morgan fingerprint density at radius 1 is 1.08 bits per heavy atom. The quantitative estimate of drug-likeness (QED) is 0.260. The normalized spacial score (nSPS) is 18.4. The lowest BCUT2D eigenvalue weighted by Gasteiger charge is -2.30. The zero-order valence-corrected chi connectivity index (χ0v) is 22.4. The van der Waals surface area contributed by atoms with Gasteiger partial charge in [-0.1, -0.05) is 42.5 Å². The SMILES string of the molecule is Cc1c(O)cccc1C(=O)NC(Cc1ccccc1)C(O)C(=O)N1CC(O)CC1C(=O)NCCc1cccs1. The van der Waals surface area contributed by atoms with Gasteiger partial charge < -0.3 is 30.9 Å². The van der Waals surface area contributed by atoms with Crippen LogP contribution in [-0.2, 0) is 22.4 Å². The van der Waals surface area contributed by atoms with Gasteiger partial charge in [-0.05, 0) is 48.9 Å². The molecule has 1 aliphatic heterocycles. The van der Waals surface area contributed by atoms with Crippen LogP contribution in [0.3, 0.4) is 0 Å². The van der Waals surface area contributed by atoms with Gasteiger partial charge in [0.15, 0.2) is 6.10 Å². The third-order valence-electron chi connectivity index (χ3n) is 6.91. The van der Waals surface area contributed by atoms with Gasteiger partial charge in [0.2, 0.25) is 5.91 Å². The van der Waals surface area contributed by atoms with E-state index in [1.54, 1.807) is 24.3 Å². The predicted octanol–water partition coefficient (Wildman–Crippen LogP) is 1.78. The lowest BCUT2D eigenvalue weighted by Crippen LogP contribution is -2.56. The molecular formula is C29H33N3O6S. The second-order valence-electron chi connectivity index (χ2n) is 9.68. The predicted molar refractivity (Wildman–Crippen MR) is 147 cm³/mol. The van der Waals surface area contributed by atoms with Crippen LogP contribution in [0.25, 0.3) is 0 Å². The molecule has 10 heteroatoms. The van der Waals surface area contributed by atoms with Crippen molar-refractivity contribution in [2.24, 2.45) is 0 Å². The van der Waals surface area contributed by atoms with Gasteiger partial charge in [0.05, 0.1) is 12.1 Å². The molecule has 4 unspecified atom stereocenters. The summed E-state index contributed by atoms with van der Waals surface area (Å²) in [5.41, 5.74) is 1.37. The number of likely N-dealkylation sites (tertiary alicyclic amines) is 1. The van der Waals surface area contributed by atoms with Crippen LogP contribution in [0.4, 0.5) is 0 Å². The largest absolute Gasteiger partial charge is 0.508 e. The highest BCUT2D eigenvalue weighted by atomic mass is 32.1. The molecule has 1 saturated heterocycles. The summed E-state index contributed by atoms with van der Waals surface area (Å²) in [5, 5.41) is 39.1. The Labute approximate surface area is 231 Å². The van der Waals surface area contributed by atoms with E-state index in [1.165, 1.54) is 17.0 Å². The standard InChI is InChI=1S/C29H33N3O6S/c1-18-22(10-5-11-25(18)34)27(36)31-23(15-19-7-3-2-4-8-19)26(35)29(38)32-17-20(33)16-24(32)28(37)30-13-12-21-9-6-14-39-21/h2-11,14,20,23-24,26,33-35H,12-13,15-17H2,1H3,(H,30,37)(H,31,36). The number of aliphatic hydroxyl groups excluding tert-OH is 2. The molecule has 2 heterocycles. The maximum absolute atomic E-state index is 13.5. The number of carbonyl (C=O) groups excluding carboxylic acids is 3. The van der Waals surface area contributed by atoms with Crippen LogP contribution in [0.1, 0.15) is 32.8 Å². The molecule has 0 bridgehead atoms. The van der Waals surface area contributed by atoms with Gasteiger partial charge in [0.25, 0.3) is 11.8 Å². The first kappa shape index (κ1) is 28.3. The molecule has 2 aromatic carbocycles. The third kappa shape index (κ3) is 7.03. The topological polar surface area (TPSA) is 139 Å². The van der Waals surface area contributed by atoms with E-state index in [2.05, 4.69) is 10.6 Å².